The van der Waals surface area contributed by atoms with Gasteiger partial charge in [0, 0.05) is 12.3 Å². The molecule has 1 rings (SSSR count). The van der Waals surface area contributed by atoms with E-state index in [1.165, 1.54) is 7.11 Å². The molecule has 0 aromatic heterocycles. The Morgan fingerprint density at radius 2 is 2.14 bits per heavy atom. The minimum Gasteiger partial charge on any atom is -0.469 e. The average Bonchev–Trinajstić information content (AvgIpc) is 2.72. The molecule has 4 nitrogen and oxygen atoms in total. The summed E-state index contributed by atoms with van der Waals surface area (Å²) in [6, 6.07) is 0. The third kappa shape index (κ3) is 3.27. The van der Waals surface area contributed by atoms with Gasteiger partial charge >= 0.3 is 5.97 Å². The summed E-state index contributed by atoms with van der Waals surface area (Å²) >= 11 is 0. The second kappa shape index (κ2) is 5.98. The van der Waals surface area contributed by atoms with E-state index in [2.05, 4.69) is 11.7 Å². The van der Waals surface area contributed by atoms with E-state index in [0.29, 0.717) is 25.6 Å². The van der Waals surface area contributed by atoms with Gasteiger partial charge in [-0.3, -0.25) is 4.79 Å². The molecule has 4 heteroatoms. The van der Waals surface area contributed by atoms with Crippen molar-refractivity contribution in [2.24, 2.45) is 5.92 Å². The van der Waals surface area contributed by atoms with Crippen molar-refractivity contribution in [1.29, 1.82) is 0 Å². The van der Waals surface area contributed by atoms with Crippen LogP contribution in [0.25, 0.3) is 0 Å². The van der Waals surface area contributed by atoms with E-state index in [0.717, 1.165) is 12.8 Å². The van der Waals surface area contributed by atoms with Gasteiger partial charge in [0.25, 0.3) is 0 Å². The molecule has 1 saturated heterocycles. The molecule has 0 amide bonds. The Kier molecular flexibility index (Phi) is 4.90. The summed E-state index contributed by atoms with van der Waals surface area (Å²) in [5.41, 5.74) is 0. The summed E-state index contributed by atoms with van der Waals surface area (Å²) in [7, 11) is 1.41. The quantitative estimate of drug-likeness (QED) is 0.631. The Labute approximate surface area is 84.5 Å². The topological polar surface area (TPSA) is 44.8 Å². The fourth-order valence-electron chi connectivity index (χ4n) is 1.59. The summed E-state index contributed by atoms with van der Waals surface area (Å²) in [4.78, 5) is 10.9. The molecule has 1 fully saturated rings. The highest BCUT2D eigenvalue weighted by molar-refractivity contribution is 5.69. The molecule has 0 N–H and O–H groups in total. The Balaban J connectivity index is 2.27. The summed E-state index contributed by atoms with van der Waals surface area (Å²) < 4.78 is 15.4. The number of esters is 1. The number of carbonyl (C=O) groups excluding carboxylic acids is 1. The Bertz CT molecular complexity index is 175. The normalized spacial score (nSPS) is 19.6. The number of rotatable bonds is 5. The van der Waals surface area contributed by atoms with Crippen molar-refractivity contribution in [3.05, 3.63) is 0 Å². The fraction of sp³-hybridized carbons (Fsp3) is 0.900. The van der Waals surface area contributed by atoms with Gasteiger partial charge in [-0.2, -0.15) is 0 Å². The van der Waals surface area contributed by atoms with Crippen LogP contribution in [0.3, 0.4) is 0 Å². The molecule has 82 valence electrons. The average molecular weight is 202 g/mol. The first-order chi connectivity index (χ1) is 6.77. The fourth-order valence-corrected chi connectivity index (χ4v) is 1.59. The first-order valence-corrected chi connectivity index (χ1v) is 5.08. The van der Waals surface area contributed by atoms with Crippen molar-refractivity contribution < 1.29 is 19.0 Å². The molecule has 1 heterocycles. The second-order valence-electron chi connectivity index (χ2n) is 3.39. The number of methoxy groups -OCH3 is 1. The molecule has 14 heavy (non-hydrogen) atoms. The van der Waals surface area contributed by atoms with Crippen molar-refractivity contribution in [1.82, 2.24) is 0 Å². The van der Waals surface area contributed by atoms with E-state index in [4.69, 9.17) is 9.47 Å². The van der Waals surface area contributed by atoms with Crippen LogP contribution in [0.5, 0.6) is 0 Å². The monoisotopic (exact) mass is 202 g/mol. The Morgan fingerprint density at radius 3 is 2.64 bits per heavy atom. The molecule has 0 aliphatic carbocycles. The van der Waals surface area contributed by atoms with Gasteiger partial charge in [0.1, 0.15) is 0 Å². The van der Waals surface area contributed by atoms with Gasteiger partial charge in [0.05, 0.1) is 20.3 Å². The molecule has 0 bridgehead atoms. The van der Waals surface area contributed by atoms with Crippen molar-refractivity contribution in [2.45, 2.75) is 32.5 Å². The highest BCUT2D eigenvalue weighted by atomic mass is 16.7. The molecule has 0 saturated carbocycles. The Morgan fingerprint density at radius 1 is 1.50 bits per heavy atom. The first kappa shape index (κ1) is 11.5. The first-order valence-electron chi connectivity index (χ1n) is 5.08. The zero-order valence-electron chi connectivity index (χ0n) is 8.82. The molecule has 0 aromatic carbocycles. The molecule has 0 aromatic rings. The van der Waals surface area contributed by atoms with Crippen molar-refractivity contribution in [2.75, 3.05) is 20.3 Å². The van der Waals surface area contributed by atoms with Crippen LogP contribution in [0.15, 0.2) is 0 Å². The van der Waals surface area contributed by atoms with Crippen LogP contribution >= 0.6 is 0 Å². The van der Waals surface area contributed by atoms with Crippen molar-refractivity contribution >= 4 is 5.97 Å². The largest absolute Gasteiger partial charge is 0.469 e. The van der Waals surface area contributed by atoms with Crippen LogP contribution in [-0.2, 0) is 19.0 Å². The van der Waals surface area contributed by atoms with Crippen LogP contribution in [0.1, 0.15) is 26.2 Å². The molecule has 1 aliphatic heterocycles. The minimum atomic E-state index is -0.165. The zero-order chi connectivity index (χ0) is 10.4. The number of carbonyl (C=O) groups is 1. The molecule has 1 aliphatic rings. The van der Waals surface area contributed by atoms with Gasteiger partial charge in [-0.25, -0.2) is 0 Å². The summed E-state index contributed by atoms with van der Waals surface area (Å²) in [6.45, 7) is 3.41. The SMILES string of the molecule is CCC(CCC(=O)OC)C1OCCO1. The predicted molar refractivity (Wildman–Crippen MR) is 50.7 cm³/mol. The molecule has 0 spiro atoms. The summed E-state index contributed by atoms with van der Waals surface area (Å²) in [6.07, 6.45) is 2.05. The van der Waals surface area contributed by atoms with E-state index in [9.17, 15) is 4.79 Å². The lowest BCUT2D eigenvalue weighted by molar-refractivity contribution is -0.142. The third-order valence-corrected chi connectivity index (χ3v) is 2.50. The van der Waals surface area contributed by atoms with E-state index in [-0.39, 0.29) is 12.3 Å². The smallest absolute Gasteiger partial charge is 0.305 e. The van der Waals surface area contributed by atoms with Crippen LogP contribution in [0.4, 0.5) is 0 Å². The van der Waals surface area contributed by atoms with Crippen LogP contribution in [0, 0.1) is 5.92 Å². The van der Waals surface area contributed by atoms with Gasteiger partial charge in [-0.05, 0) is 12.8 Å². The Hall–Kier alpha value is -0.610. The van der Waals surface area contributed by atoms with Crippen molar-refractivity contribution in [3.8, 4) is 0 Å². The minimum absolute atomic E-state index is 0.121. The molecule has 1 atom stereocenters. The van der Waals surface area contributed by atoms with Gasteiger partial charge in [0.15, 0.2) is 6.29 Å². The molecular formula is C10H18O4. The van der Waals surface area contributed by atoms with E-state index >= 15 is 0 Å². The third-order valence-electron chi connectivity index (χ3n) is 2.50. The zero-order valence-corrected chi connectivity index (χ0v) is 8.82. The van der Waals surface area contributed by atoms with Gasteiger partial charge in [-0.15, -0.1) is 0 Å². The summed E-state index contributed by atoms with van der Waals surface area (Å²) in [5, 5.41) is 0. The van der Waals surface area contributed by atoms with Gasteiger partial charge in [0.2, 0.25) is 0 Å². The lowest BCUT2D eigenvalue weighted by Gasteiger charge is -2.19. The van der Waals surface area contributed by atoms with Gasteiger partial charge in [-0.1, -0.05) is 6.92 Å². The molecule has 0 radical (unpaired) electrons. The highest BCUT2D eigenvalue weighted by Gasteiger charge is 2.25. The lowest BCUT2D eigenvalue weighted by atomic mass is 10.00. The lowest BCUT2D eigenvalue weighted by Crippen LogP contribution is -2.21. The molecular weight excluding hydrogens is 184 g/mol. The predicted octanol–water partition coefficient (Wildman–Crippen LogP) is 1.34. The maximum atomic E-state index is 10.9. The van der Waals surface area contributed by atoms with E-state index in [1.807, 2.05) is 0 Å². The number of ether oxygens (including phenoxy) is 3. The van der Waals surface area contributed by atoms with Gasteiger partial charge < -0.3 is 14.2 Å². The maximum Gasteiger partial charge on any atom is 0.305 e. The molecule has 1 unspecified atom stereocenters. The van der Waals surface area contributed by atoms with Crippen LogP contribution in [-0.4, -0.2) is 32.6 Å². The number of hydrogen-bond donors (Lipinski definition) is 0. The highest BCUT2D eigenvalue weighted by Crippen LogP contribution is 2.22. The van der Waals surface area contributed by atoms with Crippen LogP contribution < -0.4 is 0 Å². The van der Waals surface area contributed by atoms with Crippen molar-refractivity contribution in [3.63, 3.8) is 0 Å². The summed E-state index contributed by atoms with van der Waals surface area (Å²) in [5.74, 6) is 0.137. The standard InChI is InChI=1S/C10H18O4/c1-3-8(4-5-9(11)12-2)10-13-6-7-14-10/h8,10H,3-7H2,1-2H3. The van der Waals surface area contributed by atoms with E-state index < -0.39 is 0 Å². The number of hydrogen-bond acceptors (Lipinski definition) is 4. The second-order valence-corrected chi connectivity index (χ2v) is 3.39. The van der Waals surface area contributed by atoms with E-state index in [1.54, 1.807) is 0 Å². The maximum absolute atomic E-state index is 10.9. The van der Waals surface area contributed by atoms with Crippen LogP contribution in [0.2, 0.25) is 0 Å².